The molecule has 0 aliphatic rings. The molecular weight excluding hydrogens is 268 g/mol. The number of allylic oxidation sites excluding steroid dienone is 1. The van der Waals surface area contributed by atoms with Crippen LogP contribution in [0.15, 0.2) is 97.5 Å². The quantitative estimate of drug-likeness (QED) is 0.726. The molecule has 1 N–H and O–H groups in total. The summed E-state index contributed by atoms with van der Waals surface area (Å²) in [6.45, 7) is 0. The van der Waals surface area contributed by atoms with Crippen LogP contribution in [0.5, 0.6) is 0 Å². The number of para-hydroxylation sites is 1. The maximum absolute atomic E-state index is 4.24. The number of rotatable bonds is 5. The summed E-state index contributed by atoms with van der Waals surface area (Å²) in [5, 5.41) is 3.31. The van der Waals surface area contributed by atoms with Crippen molar-refractivity contribution in [3.8, 4) is 0 Å². The van der Waals surface area contributed by atoms with E-state index in [2.05, 4.69) is 46.7 Å². The van der Waals surface area contributed by atoms with Crippen molar-refractivity contribution in [1.29, 1.82) is 0 Å². The molecule has 1 atom stereocenters. The highest BCUT2D eigenvalue weighted by Gasteiger charge is 2.10. The molecule has 0 aliphatic heterocycles. The molecule has 0 saturated heterocycles. The van der Waals surface area contributed by atoms with E-state index in [1.54, 1.807) is 6.20 Å². The molecule has 3 rings (SSSR count). The van der Waals surface area contributed by atoms with Gasteiger partial charge in [-0.1, -0.05) is 60.7 Å². The normalized spacial score (nSPS) is 12.2. The summed E-state index contributed by atoms with van der Waals surface area (Å²) in [6.07, 6.45) is 7.89. The Morgan fingerprint density at radius 2 is 1.45 bits per heavy atom. The van der Waals surface area contributed by atoms with Crippen molar-refractivity contribution in [2.24, 2.45) is 0 Å². The Kier molecular flexibility index (Phi) is 4.63. The van der Waals surface area contributed by atoms with Gasteiger partial charge in [0.2, 0.25) is 0 Å². The number of nitrogens with zero attached hydrogens (tertiary/aromatic N) is 1. The molecule has 0 radical (unpaired) electrons. The highest BCUT2D eigenvalue weighted by molar-refractivity contribution is 5.46. The third kappa shape index (κ3) is 3.61. The van der Waals surface area contributed by atoms with Crippen LogP contribution >= 0.6 is 0 Å². The lowest BCUT2D eigenvalue weighted by Gasteiger charge is -2.13. The minimum Gasteiger partial charge on any atom is -0.362 e. The van der Waals surface area contributed by atoms with E-state index in [1.165, 1.54) is 11.1 Å². The summed E-state index contributed by atoms with van der Waals surface area (Å²) >= 11 is 0. The number of hydrogen-bond donors (Lipinski definition) is 1. The molecule has 3 aromatic rings. The van der Waals surface area contributed by atoms with Gasteiger partial charge in [-0.05, 0) is 35.5 Å². The fraction of sp³-hybridized carbons (Fsp3) is 0.0500. The molecule has 2 nitrogen and oxygen atoms in total. The van der Waals surface area contributed by atoms with Gasteiger partial charge in [-0.3, -0.25) is 4.98 Å². The van der Waals surface area contributed by atoms with E-state index in [9.17, 15) is 0 Å². The Balaban J connectivity index is 1.83. The Hall–Kier alpha value is -2.87. The van der Waals surface area contributed by atoms with E-state index in [0.29, 0.717) is 0 Å². The van der Waals surface area contributed by atoms with Crippen molar-refractivity contribution < 1.29 is 0 Å². The van der Waals surface area contributed by atoms with E-state index in [1.807, 2.05) is 54.9 Å². The second-order valence-electron chi connectivity index (χ2n) is 5.04. The van der Waals surface area contributed by atoms with E-state index >= 15 is 0 Å². The average Bonchev–Trinajstić information content (AvgIpc) is 2.61. The van der Waals surface area contributed by atoms with Gasteiger partial charge in [0, 0.05) is 24.0 Å². The van der Waals surface area contributed by atoms with Gasteiger partial charge in [0.15, 0.2) is 0 Å². The fourth-order valence-corrected chi connectivity index (χ4v) is 2.41. The second-order valence-corrected chi connectivity index (χ2v) is 5.04. The molecule has 0 bridgehead atoms. The smallest absolute Gasteiger partial charge is 0.0379 e. The van der Waals surface area contributed by atoms with Crippen LogP contribution in [0, 0.1) is 0 Å². The Morgan fingerprint density at radius 1 is 0.773 bits per heavy atom. The van der Waals surface area contributed by atoms with Crippen LogP contribution in [0.4, 0.5) is 5.69 Å². The third-order valence-corrected chi connectivity index (χ3v) is 3.51. The van der Waals surface area contributed by atoms with Crippen LogP contribution in [0.1, 0.15) is 17.0 Å². The van der Waals surface area contributed by atoms with E-state index in [-0.39, 0.29) is 5.92 Å². The van der Waals surface area contributed by atoms with Crippen molar-refractivity contribution in [3.63, 3.8) is 0 Å². The van der Waals surface area contributed by atoms with Crippen LogP contribution in [0.2, 0.25) is 0 Å². The summed E-state index contributed by atoms with van der Waals surface area (Å²) in [5.41, 5.74) is 3.51. The molecule has 0 saturated carbocycles. The summed E-state index contributed by atoms with van der Waals surface area (Å²) in [5.74, 6) is 0.186. The maximum Gasteiger partial charge on any atom is 0.0379 e. The van der Waals surface area contributed by atoms with Gasteiger partial charge in [0.25, 0.3) is 0 Å². The SMILES string of the molecule is C(=CC(c1ccccc1)c1cccnc1)Nc1ccccc1. The Bertz CT molecular complexity index is 667. The molecule has 0 spiro atoms. The molecule has 1 unspecified atom stereocenters. The predicted octanol–water partition coefficient (Wildman–Crippen LogP) is 4.84. The van der Waals surface area contributed by atoms with E-state index < -0.39 is 0 Å². The monoisotopic (exact) mass is 286 g/mol. The second kappa shape index (κ2) is 7.23. The number of anilines is 1. The van der Waals surface area contributed by atoms with Crippen LogP contribution in [0.25, 0.3) is 0 Å². The highest BCUT2D eigenvalue weighted by atomic mass is 14.8. The van der Waals surface area contributed by atoms with Crippen LogP contribution in [0.3, 0.4) is 0 Å². The summed E-state index contributed by atoms with van der Waals surface area (Å²) in [4.78, 5) is 4.24. The van der Waals surface area contributed by atoms with Gasteiger partial charge in [-0.15, -0.1) is 0 Å². The molecule has 0 amide bonds. The van der Waals surface area contributed by atoms with E-state index in [4.69, 9.17) is 0 Å². The topological polar surface area (TPSA) is 24.9 Å². The van der Waals surface area contributed by atoms with Crippen LogP contribution in [-0.2, 0) is 0 Å². The number of hydrogen-bond acceptors (Lipinski definition) is 2. The molecule has 2 aromatic carbocycles. The first kappa shape index (κ1) is 14.1. The molecule has 1 heterocycles. The lowest BCUT2D eigenvalue weighted by molar-refractivity contribution is 1.00. The summed E-state index contributed by atoms with van der Waals surface area (Å²) < 4.78 is 0. The number of pyridine rings is 1. The van der Waals surface area contributed by atoms with Crippen molar-refractivity contribution >= 4 is 5.69 Å². The van der Waals surface area contributed by atoms with Crippen molar-refractivity contribution in [1.82, 2.24) is 4.98 Å². The van der Waals surface area contributed by atoms with Crippen LogP contribution < -0.4 is 5.32 Å². The molecular formula is C20H18N2. The molecule has 2 heteroatoms. The van der Waals surface area contributed by atoms with Crippen molar-refractivity contribution in [2.45, 2.75) is 5.92 Å². The Labute approximate surface area is 131 Å². The molecule has 22 heavy (non-hydrogen) atoms. The van der Waals surface area contributed by atoms with Gasteiger partial charge in [-0.25, -0.2) is 0 Å². The van der Waals surface area contributed by atoms with Gasteiger partial charge in [0.1, 0.15) is 0 Å². The van der Waals surface area contributed by atoms with Gasteiger partial charge in [0.05, 0.1) is 0 Å². The molecule has 108 valence electrons. The number of nitrogens with one attached hydrogen (secondary N) is 1. The third-order valence-electron chi connectivity index (χ3n) is 3.51. The average molecular weight is 286 g/mol. The Morgan fingerprint density at radius 3 is 2.14 bits per heavy atom. The predicted molar refractivity (Wildman–Crippen MR) is 91.7 cm³/mol. The molecule has 0 aliphatic carbocycles. The van der Waals surface area contributed by atoms with Gasteiger partial charge in [-0.2, -0.15) is 0 Å². The fourth-order valence-electron chi connectivity index (χ4n) is 2.41. The first-order chi connectivity index (χ1) is 10.9. The maximum atomic E-state index is 4.24. The van der Waals surface area contributed by atoms with Gasteiger partial charge >= 0.3 is 0 Å². The minimum atomic E-state index is 0.186. The highest BCUT2D eigenvalue weighted by Crippen LogP contribution is 2.25. The molecule has 0 fully saturated rings. The zero-order chi connectivity index (χ0) is 15.0. The number of benzene rings is 2. The first-order valence-electron chi connectivity index (χ1n) is 7.36. The molecule has 1 aromatic heterocycles. The van der Waals surface area contributed by atoms with E-state index in [0.717, 1.165) is 5.69 Å². The van der Waals surface area contributed by atoms with Crippen molar-refractivity contribution in [2.75, 3.05) is 5.32 Å². The van der Waals surface area contributed by atoms with Crippen LogP contribution in [-0.4, -0.2) is 4.98 Å². The van der Waals surface area contributed by atoms with Crippen molar-refractivity contribution in [3.05, 3.63) is 109 Å². The first-order valence-corrected chi connectivity index (χ1v) is 7.36. The number of aromatic nitrogens is 1. The zero-order valence-electron chi connectivity index (χ0n) is 12.3. The minimum absolute atomic E-state index is 0.186. The standard InChI is InChI=1S/C20H18N2/c1-3-8-17(9-4-1)20(18-10-7-14-21-16-18)13-15-22-19-11-5-2-6-12-19/h1-16,20,22H. The van der Waals surface area contributed by atoms with Gasteiger partial charge < -0.3 is 5.32 Å². The zero-order valence-corrected chi connectivity index (χ0v) is 12.3. The summed E-state index contributed by atoms with van der Waals surface area (Å²) in [6, 6.07) is 24.7. The largest absolute Gasteiger partial charge is 0.362 e. The lowest BCUT2D eigenvalue weighted by Crippen LogP contribution is -1.99. The lowest BCUT2D eigenvalue weighted by atomic mass is 9.92. The summed E-state index contributed by atoms with van der Waals surface area (Å²) in [7, 11) is 0.